The van der Waals surface area contributed by atoms with Gasteiger partial charge in [-0.05, 0) is 13.0 Å². The Morgan fingerprint density at radius 3 is 2.80 bits per heavy atom. The minimum absolute atomic E-state index is 0.187. The second-order valence-electron chi connectivity index (χ2n) is 4.11. The number of halogens is 1. The summed E-state index contributed by atoms with van der Waals surface area (Å²) in [4.78, 5) is 16.1. The number of nitrogens with zero attached hydrogens (tertiary/aromatic N) is 1. The van der Waals surface area contributed by atoms with Crippen molar-refractivity contribution in [3.05, 3.63) is 22.8 Å². The first-order chi connectivity index (χ1) is 9.62. The number of hydrogen-bond acceptors (Lipinski definition) is 5. The largest absolute Gasteiger partial charge is 0.382 e. The van der Waals surface area contributed by atoms with Gasteiger partial charge in [0.15, 0.2) is 0 Å². The molecule has 1 aromatic rings. The van der Waals surface area contributed by atoms with E-state index < -0.39 is 0 Å². The second kappa shape index (κ2) is 8.73. The van der Waals surface area contributed by atoms with Gasteiger partial charge in [0.25, 0.3) is 5.91 Å². The predicted molar refractivity (Wildman–Crippen MR) is 78.4 cm³/mol. The number of rotatable bonds is 8. The second-order valence-corrected chi connectivity index (χ2v) is 4.52. The smallest absolute Gasteiger partial charge is 0.252 e. The molecule has 0 radical (unpaired) electrons. The molecule has 0 aliphatic rings. The highest BCUT2D eigenvalue weighted by atomic mass is 35.5. The molecule has 1 amide bonds. The Morgan fingerprint density at radius 1 is 1.50 bits per heavy atom. The molecular weight excluding hydrogens is 282 g/mol. The monoisotopic (exact) mass is 301 g/mol. The summed E-state index contributed by atoms with van der Waals surface area (Å²) in [6.07, 6.45) is 1.30. The number of carbonyl (C=O) groups is 1. The van der Waals surface area contributed by atoms with E-state index in [-0.39, 0.29) is 12.0 Å². The third-order valence-electron chi connectivity index (χ3n) is 2.62. The lowest BCUT2D eigenvalue weighted by Gasteiger charge is -2.15. The molecule has 6 nitrogen and oxygen atoms in total. The van der Waals surface area contributed by atoms with E-state index in [0.717, 1.165) is 0 Å². The highest BCUT2D eigenvalue weighted by Gasteiger charge is 2.12. The molecule has 0 aliphatic heterocycles. The lowest BCUT2D eigenvalue weighted by Crippen LogP contribution is -2.35. The Morgan fingerprint density at radius 2 is 2.25 bits per heavy atom. The number of amides is 1. The van der Waals surface area contributed by atoms with Crippen molar-refractivity contribution < 1.29 is 14.3 Å². The topological polar surface area (TPSA) is 72.5 Å². The molecule has 7 heteroatoms. The summed E-state index contributed by atoms with van der Waals surface area (Å²) in [5.41, 5.74) is 0.406. The molecule has 1 rings (SSSR count). The van der Waals surface area contributed by atoms with Gasteiger partial charge in [-0.3, -0.25) is 4.79 Å². The van der Waals surface area contributed by atoms with Gasteiger partial charge in [-0.15, -0.1) is 0 Å². The highest BCUT2D eigenvalue weighted by Crippen LogP contribution is 2.19. The number of nitrogens with one attached hydrogen (secondary N) is 2. The fraction of sp³-hybridized carbons (Fsp3) is 0.538. The number of aromatic nitrogens is 1. The Hall–Kier alpha value is -1.37. The first kappa shape index (κ1) is 16.7. The van der Waals surface area contributed by atoms with E-state index in [1.54, 1.807) is 20.3 Å². The van der Waals surface area contributed by atoms with E-state index in [0.29, 0.717) is 36.1 Å². The van der Waals surface area contributed by atoms with Crippen LogP contribution in [0.15, 0.2) is 12.3 Å². The van der Waals surface area contributed by atoms with Crippen LogP contribution < -0.4 is 10.6 Å². The molecule has 0 saturated heterocycles. The Balaban J connectivity index is 2.61. The molecule has 0 saturated carbocycles. The Labute approximate surface area is 123 Å². The molecule has 0 aliphatic carbocycles. The third-order valence-corrected chi connectivity index (χ3v) is 2.91. The van der Waals surface area contributed by atoms with Gasteiger partial charge < -0.3 is 20.1 Å². The molecule has 1 heterocycles. The molecule has 0 aromatic carbocycles. The zero-order valence-corrected chi connectivity index (χ0v) is 12.7. The molecule has 112 valence electrons. The van der Waals surface area contributed by atoms with Crippen LogP contribution in [0.2, 0.25) is 5.02 Å². The van der Waals surface area contributed by atoms with Gasteiger partial charge in [-0.25, -0.2) is 4.98 Å². The predicted octanol–water partition coefficient (Wildman–Crippen LogP) is 1.56. The van der Waals surface area contributed by atoms with Gasteiger partial charge in [-0.2, -0.15) is 0 Å². The van der Waals surface area contributed by atoms with Crippen molar-refractivity contribution in [3.8, 4) is 0 Å². The van der Waals surface area contributed by atoms with Crippen LogP contribution >= 0.6 is 11.6 Å². The van der Waals surface area contributed by atoms with E-state index in [1.807, 2.05) is 6.92 Å². The first-order valence-corrected chi connectivity index (χ1v) is 6.69. The van der Waals surface area contributed by atoms with Crippen molar-refractivity contribution in [2.24, 2.45) is 0 Å². The fourth-order valence-corrected chi connectivity index (χ4v) is 1.80. The summed E-state index contributed by atoms with van der Waals surface area (Å²) in [7, 11) is 3.15. The van der Waals surface area contributed by atoms with E-state index in [9.17, 15) is 4.79 Å². The normalized spacial score (nSPS) is 12.0. The number of methoxy groups -OCH3 is 2. The maximum absolute atomic E-state index is 12.0. The third kappa shape index (κ3) is 4.96. The van der Waals surface area contributed by atoms with Crippen LogP contribution in [0.5, 0.6) is 0 Å². The molecule has 1 unspecified atom stereocenters. The van der Waals surface area contributed by atoms with Crippen LogP contribution in [0.25, 0.3) is 0 Å². The van der Waals surface area contributed by atoms with Crippen LogP contribution in [-0.2, 0) is 9.47 Å². The van der Waals surface area contributed by atoms with Crippen molar-refractivity contribution in [1.29, 1.82) is 0 Å². The van der Waals surface area contributed by atoms with Gasteiger partial charge in [-0.1, -0.05) is 11.6 Å². The van der Waals surface area contributed by atoms with Crippen LogP contribution in [0.1, 0.15) is 17.3 Å². The first-order valence-electron chi connectivity index (χ1n) is 6.31. The number of pyridine rings is 1. The molecular formula is C13H20ClN3O3. The molecule has 2 N–H and O–H groups in total. The maximum Gasteiger partial charge on any atom is 0.252 e. The molecule has 1 atom stereocenters. The lowest BCUT2D eigenvalue weighted by atomic mass is 10.2. The Bertz CT molecular complexity index is 443. The van der Waals surface area contributed by atoms with Gasteiger partial charge in [0.2, 0.25) is 0 Å². The van der Waals surface area contributed by atoms with Gasteiger partial charge in [0.1, 0.15) is 5.82 Å². The van der Waals surface area contributed by atoms with Crippen LogP contribution in [0, 0.1) is 0 Å². The van der Waals surface area contributed by atoms with E-state index in [4.69, 9.17) is 21.1 Å². The highest BCUT2D eigenvalue weighted by molar-refractivity contribution is 6.33. The fourth-order valence-electron chi connectivity index (χ4n) is 1.56. The van der Waals surface area contributed by atoms with Crippen molar-refractivity contribution in [3.63, 3.8) is 0 Å². The van der Waals surface area contributed by atoms with Gasteiger partial charge in [0.05, 0.1) is 23.3 Å². The van der Waals surface area contributed by atoms with Gasteiger partial charge in [0, 0.05) is 33.5 Å². The molecule has 0 bridgehead atoms. The molecule has 20 heavy (non-hydrogen) atoms. The van der Waals surface area contributed by atoms with Crippen molar-refractivity contribution in [2.45, 2.75) is 13.0 Å². The van der Waals surface area contributed by atoms with Crippen molar-refractivity contribution in [1.82, 2.24) is 10.3 Å². The van der Waals surface area contributed by atoms with Crippen molar-refractivity contribution in [2.75, 3.05) is 39.2 Å². The zero-order valence-electron chi connectivity index (χ0n) is 11.9. The quantitative estimate of drug-likeness (QED) is 0.762. The standard InChI is InChI=1S/C13H20ClN3O3/c1-4-15-12-11(14)5-9(6-16-12)13(18)17-7-10(20-3)8-19-2/h5-6,10H,4,7-8H2,1-3H3,(H,15,16)(H,17,18). The molecule has 0 fully saturated rings. The lowest BCUT2D eigenvalue weighted by molar-refractivity contribution is 0.0285. The van der Waals surface area contributed by atoms with E-state index in [1.165, 1.54) is 6.20 Å². The summed E-state index contributed by atoms with van der Waals surface area (Å²) in [6, 6.07) is 1.58. The summed E-state index contributed by atoms with van der Waals surface area (Å²) in [5.74, 6) is 0.320. The molecule has 1 aromatic heterocycles. The number of ether oxygens (including phenoxy) is 2. The van der Waals surface area contributed by atoms with Crippen molar-refractivity contribution >= 4 is 23.3 Å². The van der Waals surface area contributed by atoms with Crippen LogP contribution in [-0.4, -0.2) is 50.9 Å². The van der Waals surface area contributed by atoms with E-state index >= 15 is 0 Å². The Kier molecular flexibility index (Phi) is 7.28. The minimum Gasteiger partial charge on any atom is -0.382 e. The average molecular weight is 302 g/mol. The summed E-state index contributed by atoms with van der Waals surface area (Å²) in [5, 5.41) is 6.17. The zero-order chi connectivity index (χ0) is 15.0. The van der Waals surface area contributed by atoms with Crippen LogP contribution in [0.4, 0.5) is 5.82 Å². The summed E-state index contributed by atoms with van der Waals surface area (Å²) in [6.45, 7) is 3.43. The van der Waals surface area contributed by atoms with Gasteiger partial charge >= 0.3 is 0 Å². The van der Waals surface area contributed by atoms with E-state index in [2.05, 4.69) is 15.6 Å². The number of hydrogen-bond donors (Lipinski definition) is 2. The maximum atomic E-state index is 12.0. The summed E-state index contributed by atoms with van der Waals surface area (Å²) >= 11 is 6.04. The SMILES string of the molecule is CCNc1ncc(C(=O)NCC(COC)OC)cc1Cl. The summed E-state index contributed by atoms with van der Waals surface area (Å²) < 4.78 is 10.1. The van der Waals surface area contributed by atoms with Crippen LogP contribution in [0.3, 0.4) is 0 Å². The average Bonchev–Trinajstić information content (AvgIpc) is 2.45. The molecule has 0 spiro atoms. The number of anilines is 1. The number of carbonyl (C=O) groups excluding carboxylic acids is 1. The minimum atomic E-state index is -0.249.